The molecule has 0 amide bonds. The molecule has 1 aromatic carbocycles. The number of aryl methyl sites for hydroxylation is 1. The van der Waals surface area contributed by atoms with E-state index >= 15 is 0 Å². The van der Waals surface area contributed by atoms with E-state index in [-0.39, 0.29) is 6.04 Å². The Bertz CT molecular complexity index is 667. The monoisotopic (exact) mass is 415 g/mol. The second kappa shape index (κ2) is 6.66. The summed E-state index contributed by atoms with van der Waals surface area (Å²) >= 11 is 6.85. The maximum absolute atomic E-state index is 11.9. The molecule has 112 valence electrons. The van der Waals surface area contributed by atoms with Crippen LogP contribution in [-0.4, -0.2) is 13.1 Å². The van der Waals surface area contributed by atoms with Crippen LogP contribution < -0.4 is 5.32 Å². The predicted molar refractivity (Wildman–Crippen MR) is 88.7 cm³/mol. The number of nitrogens with one attached hydrogen (secondary N) is 1. The van der Waals surface area contributed by atoms with Gasteiger partial charge in [0.1, 0.15) is 11.5 Å². The highest BCUT2D eigenvalue weighted by molar-refractivity contribution is 9.11. The first-order chi connectivity index (χ1) is 9.92. The van der Waals surface area contributed by atoms with Gasteiger partial charge < -0.3 is 14.5 Å². The molecule has 1 heterocycles. The number of carbonyl (C=O) groups is 1. The third kappa shape index (κ3) is 3.68. The Morgan fingerprint density at radius 3 is 2.62 bits per heavy atom. The highest BCUT2D eigenvalue weighted by Crippen LogP contribution is 2.34. The van der Waals surface area contributed by atoms with Gasteiger partial charge in [-0.05, 0) is 54.0 Å². The normalized spacial score (nSPS) is 12.0. The molecular formula is C15H15Br2NO3. The van der Waals surface area contributed by atoms with Crippen molar-refractivity contribution in [3.05, 3.63) is 50.3 Å². The number of hydrogen-bond donors (Lipinski definition) is 1. The summed E-state index contributed by atoms with van der Waals surface area (Å²) in [7, 11) is 1.36. The fourth-order valence-corrected chi connectivity index (χ4v) is 3.30. The molecule has 0 spiro atoms. The lowest BCUT2D eigenvalue weighted by molar-refractivity contribution is 0.0601. The molecule has 0 radical (unpaired) electrons. The molecule has 0 fully saturated rings. The van der Waals surface area contributed by atoms with Crippen LogP contribution in [0, 0.1) is 6.92 Å². The second-order valence-corrected chi connectivity index (χ2v) is 6.39. The van der Waals surface area contributed by atoms with E-state index in [0.29, 0.717) is 11.3 Å². The lowest BCUT2D eigenvalue weighted by Gasteiger charge is -2.17. The Labute approximate surface area is 140 Å². The molecule has 1 atom stereocenters. The number of furan rings is 1. The van der Waals surface area contributed by atoms with Crippen molar-refractivity contribution in [2.24, 2.45) is 0 Å². The van der Waals surface area contributed by atoms with E-state index in [9.17, 15) is 4.79 Å². The van der Waals surface area contributed by atoms with Gasteiger partial charge >= 0.3 is 5.97 Å². The standard InChI is InChI=1S/C15H15Br2NO3/c1-8-4-5-13(21-8)9(2)18-14-11(15(19)20-3)6-10(16)7-12(14)17/h4-7,9,18H,1-3H3. The number of ether oxygens (including phenoxy) is 1. The van der Waals surface area contributed by atoms with Crippen LogP contribution in [0.4, 0.5) is 5.69 Å². The van der Waals surface area contributed by atoms with Crippen LogP contribution >= 0.6 is 31.9 Å². The van der Waals surface area contributed by atoms with E-state index in [0.717, 1.165) is 20.5 Å². The van der Waals surface area contributed by atoms with Crippen LogP contribution in [-0.2, 0) is 4.74 Å². The molecule has 1 N–H and O–H groups in total. The Morgan fingerprint density at radius 1 is 1.33 bits per heavy atom. The van der Waals surface area contributed by atoms with E-state index in [4.69, 9.17) is 9.15 Å². The number of rotatable bonds is 4. The van der Waals surface area contributed by atoms with Crippen LogP contribution in [0.2, 0.25) is 0 Å². The summed E-state index contributed by atoms with van der Waals surface area (Å²) in [5.74, 6) is 1.25. The van der Waals surface area contributed by atoms with Gasteiger partial charge in [0.05, 0.1) is 24.4 Å². The molecule has 0 saturated carbocycles. The first kappa shape index (κ1) is 16.1. The number of carbonyl (C=O) groups excluding carboxylic acids is 1. The zero-order valence-corrected chi connectivity index (χ0v) is 15.0. The van der Waals surface area contributed by atoms with Crippen molar-refractivity contribution in [3.8, 4) is 0 Å². The first-order valence-electron chi connectivity index (χ1n) is 6.32. The van der Waals surface area contributed by atoms with Crippen LogP contribution in [0.3, 0.4) is 0 Å². The summed E-state index contributed by atoms with van der Waals surface area (Å²) in [6, 6.07) is 7.33. The second-order valence-electron chi connectivity index (χ2n) is 4.62. The summed E-state index contributed by atoms with van der Waals surface area (Å²) in [6.07, 6.45) is 0. The fourth-order valence-electron chi connectivity index (χ4n) is 1.97. The van der Waals surface area contributed by atoms with Gasteiger partial charge in [0, 0.05) is 8.95 Å². The van der Waals surface area contributed by atoms with Crippen molar-refractivity contribution in [3.63, 3.8) is 0 Å². The molecule has 4 nitrogen and oxygen atoms in total. The van der Waals surface area contributed by atoms with Crippen LogP contribution in [0.1, 0.15) is 34.8 Å². The molecule has 1 unspecified atom stereocenters. The molecule has 0 bridgehead atoms. The summed E-state index contributed by atoms with van der Waals surface area (Å²) in [5, 5.41) is 3.29. The number of halogens is 2. The van der Waals surface area contributed by atoms with Crippen molar-refractivity contribution in [2.75, 3.05) is 12.4 Å². The zero-order valence-electron chi connectivity index (χ0n) is 11.9. The van der Waals surface area contributed by atoms with Gasteiger partial charge in [0.15, 0.2) is 0 Å². The highest BCUT2D eigenvalue weighted by atomic mass is 79.9. The van der Waals surface area contributed by atoms with Crippen molar-refractivity contribution >= 4 is 43.5 Å². The number of esters is 1. The summed E-state index contributed by atoms with van der Waals surface area (Å²) in [5.41, 5.74) is 1.13. The van der Waals surface area contributed by atoms with Gasteiger partial charge in [-0.2, -0.15) is 0 Å². The van der Waals surface area contributed by atoms with Gasteiger partial charge in [0.2, 0.25) is 0 Å². The van der Waals surface area contributed by atoms with Crippen molar-refractivity contribution in [2.45, 2.75) is 19.9 Å². The smallest absolute Gasteiger partial charge is 0.340 e. The average Bonchev–Trinajstić information content (AvgIpc) is 2.87. The number of methoxy groups -OCH3 is 1. The number of hydrogen-bond acceptors (Lipinski definition) is 4. The van der Waals surface area contributed by atoms with Gasteiger partial charge in [0.25, 0.3) is 0 Å². The lowest BCUT2D eigenvalue weighted by atomic mass is 10.1. The van der Waals surface area contributed by atoms with Gasteiger partial charge in [-0.15, -0.1) is 0 Å². The van der Waals surface area contributed by atoms with Crippen molar-refractivity contribution < 1.29 is 13.9 Å². The minimum Gasteiger partial charge on any atom is -0.465 e. The van der Waals surface area contributed by atoms with Gasteiger partial charge in [-0.25, -0.2) is 4.79 Å². The summed E-state index contributed by atoms with van der Waals surface area (Å²) in [4.78, 5) is 11.9. The van der Waals surface area contributed by atoms with Gasteiger partial charge in [-0.1, -0.05) is 15.9 Å². The third-order valence-electron chi connectivity index (χ3n) is 3.01. The Balaban J connectivity index is 2.36. The lowest BCUT2D eigenvalue weighted by Crippen LogP contribution is -2.12. The molecule has 2 rings (SSSR count). The maximum atomic E-state index is 11.9. The van der Waals surface area contributed by atoms with Crippen LogP contribution in [0.15, 0.2) is 37.6 Å². The molecule has 0 aliphatic rings. The Morgan fingerprint density at radius 2 is 2.05 bits per heavy atom. The Hall–Kier alpha value is -1.27. The van der Waals surface area contributed by atoms with Gasteiger partial charge in [-0.3, -0.25) is 0 Å². The SMILES string of the molecule is COC(=O)c1cc(Br)cc(Br)c1NC(C)c1ccc(C)o1. The van der Waals surface area contributed by atoms with Crippen molar-refractivity contribution in [1.82, 2.24) is 0 Å². The first-order valence-corrected chi connectivity index (χ1v) is 7.91. The molecule has 6 heteroatoms. The van der Waals surface area contributed by atoms with E-state index in [1.165, 1.54) is 7.11 Å². The van der Waals surface area contributed by atoms with Crippen molar-refractivity contribution in [1.29, 1.82) is 0 Å². The topological polar surface area (TPSA) is 51.5 Å². The minimum atomic E-state index is -0.401. The molecule has 0 saturated heterocycles. The minimum absolute atomic E-state index is 0.0837. The molecule has 2 aromatic rings. The fraction of sp³-hybridized carbons (Fsp3) is 0.267. The maximum Gasteiger partial charge on any atom is 0.340 e. The Kier molecular flexibility index (Phi) is 5.11. The molecule has 21 heavy (non-hydrogen) atoms. The van der Waals surface area contributed by atoms with E-state index in [2.05, 4.69) is 37.2 Å². The van der Waals surface area contributed by atoms with E-state index < -0.39 is 5.97 Å². The number of benzene rings is 1. The summed E-state index contributed by atoms with van der Waals surface area (Å²) < 4.78 is 12.0. The molecular weight excluding hydrogens is 402 g/mol. The van der Waals surface area contributed by atoms with Crippen LogP contribution in [0.5, 0.6) is 0 Å². The summed E-state index contributed by atoms with van der Waals surface area (Å²) in [6.45, 7) is 3.86. The predicted octanol–water partition coefficient (Wildman–Crippen LogP) is 5.07. The quantitative estimate of drug-likeness (QED) is 0.706. The van der Waals surface area contributed by atoms with E-state index in [1.807, 2.05) is 32.0 Å². The third-order valence-corrected chi connectivity index (χ3v) is 4.09. The zero-order chi connectivity index (χ0) is 15.6. The highest BCUT2D eigenvalue weighted by Gasteiger charge is 2.19. The number of anilines is 1. The largest absolute Gasteiger partial charge is 0.465 e. The van der Waals surface area contributed by atoms with E-state index in [1.54, 1.807) is 6.07 Å². The molecule has 0 aliphatic carbocycles. The van der Waals surface area contributed by atoms with Crippen LogP contribution in [0.25, 0.3) is 0 Å². The molecule has 0 aliphatic heterocycles. The average molecular weight is 417 g/mol. The molecule has 1 aromatic heterocycles.